The highest BCUT2D eigenvalue weighted by Gasteiger charge is 2.72. The molecule has 1 N–H and O–H groups in total. The Morgan fingerprint density at radius 3 is 2.50 bits per heavy atom. The van der Waals surface area contributed by atoms with Gasteiger partial charge in [-0.05, 0) is 35.5 Å². The molecule has 0 aromatic heterocycles. The van der Waals surface area contributed by atoms with Gasteiger partial charge in [-0.2, -0.15) is 0 Å². The normalized spacial score (nSPS) is 45.4. The van der Waals surface area contributed by atoms with Crippen LogP contribution in [0.5, 0.6) is 0 Å². The summed E-state index contributed by atoms with van der Waals surface area (Å²) in [6, 6.07) is 0. The van der Waals surface area contributed by atoms with E-state index in [2.05, 4.69) is 20.8 Å². The van der Waals surface area contributed by atoms with Crippen molar-refractivity contribution in [3.8, 4) is 0 Å². The number of hydrogen-bond acceptors (Lipinski definition) is 1. The third-order valence-corrected chi connectivity index (χ3v) is 5.41. The zero-order valence-corrected chi connectivity index (χ0v) is 9.84. The van der Waals surface area contributed by atoms with E-state index in [1.54, 1.807) is 0 Å². The molecular weight excluding hydrogens is 172 g/mol. The summed E-state index contributed by atoms with van der Waals surface area (Å²) in [4.78, 5) is 0. The molecule has 0 aliphatic heterocycles. The predicted octanol–water partition coefficient (Wildman–Crippen LogP) is 3.22. The molecule has 0 aromatic rings. The molecule has 3 unspecified atom stereocenters. The first-order valence-electron chi connectivity index (χ1n) is 6.22. The maximum atomic E-state index is 9.47. The van der Waals surface area contributed by atoms with Crippen molar-refractivity contribution >= 4 is 0 Å². The van der Waals surface area contributed by atoms with Crippen LogP contribution in [0.25, 0.3) is 0 Å². The van der Waals surface area contributed by atoms with E-state index in [4.69, 9.17) is 0 Å². The Kier molecular flexibility index (Phi) is 2.42. The van der Waals surface area contributed by atoms with E-state index in [1.807, 2.05) is 0 Å². The van der Waals surface area contributed by atoms with Gasteiger partial charge in [0.15, 0.2) is 0 Å². The third kappa shape index (κ3) is 1.05. The van der Waals surface area contributed by atoms with Crippen LogP contribution in [0.4, 0.5) is 0 Å². The highest BCUT2D eigenvalue weighted by Crippen LogP contribution is 2.76. The minimum Gasteiger partial charge on any atom is -0.396 e. The van der Waals surface area contributed by atoms with Crippen molar-refractivity contribution in [2.75, 3.05) is 6.61 Å². The lowest BCUT2D eigenvalue weighted by Gasteiger charge is -2.34. The van der Waals surface area contributed by atoms with E-state index >= 15 is 0 Å². The Morgan fingerprint density at radius 2 is 2.00 bits per heavy atom. The van der Waals surface area contributed by atoms with Gasteiger partial charge in [0.25, 0.3) is 0 Å². The molecule has 0 heterocycles. The van der Waals surface area contributed by atoms with Crippen molar-refractivity contribution in [2.24, 2.45) is 22.7 Å². The van der Waals surface area contributed by atoms with Crippen LogP contribution < -0.4 is 0 Å². The number of aliphatic hydroxyl groups excluding tert-OH is 1. The second-order valence-corrected chi connectivity index (χ2v) is 5.85. The quantitative estimate of drug-likeness (QED) is 0.719. The molecule has 0 amide bonds. The fraction of sp³-hybridized carbons (Fsp3) is 1.00. The highest BCUT2D eigenvalue weighted by atomic mass is 16.3. The van der Waals surface area contributed by atoms with Gasteiger partial charge in [-0.25, -0.2) is 0 Å². The van der Waals surface area contributed by atoms with E-state index < -0.39 is 0 Å². The van der Waals surface area contributed by atoms with Crippen LogP contribution in [0.1, 0.15) is 52.9 Å². The first kappa shape index (κ1) is 10.5. The van der Waals surface area contributed by atoms with Crippen LogP contribution in [0.15, 0.2) is 0 Å². The fourth-order valence-corrected chi connectivity index (χ4v) is 4.54. The molecule has 2 aliphatic rings. The smallest absolute Gasteiger partial charge is 0.0470 e. The molecule has 0 bridgehead atoms. The van der Waals surface area contributed by atoms with Crippen molar-refractivity contribution in [1.82, 2.24) is 0 Å². The Labute approximate surface area is 87.9 Å². The first-order valence-corrected chi connectivity index (χ1v) is 6.22. The first-order chi connectivity index (χ1) is 6.61. The molecule has 1 heteroatoms. The van der Waals surface area contributed by atoms with E-state index in [0.717, 1.165) is 5.92 Å². The molecule has 3 atom stereocenters. The molecule has 0 radical (unpaired) electrons. The topological polar surface area (TPSA) is 20.2 Å². The number of aliphatic hydroxyl groups is 1. The lowest BCUT2D eigenvalue weighted by Crippen LogP contribution is -2.25. The molecule has 0 aromatic carbocycles. The minimum atomic E-state index is 0.406. The van der Waals surface area contributed by atoms with E-state index in [9.17, 15) is 5.11 Å². The van der Waals surface area contributed by atoms with Crippen LogP contribution >= 0.6 is 0 Å². The lowest BCUT2D eigenvalue weighted by atomic mass is 9.70. The van der Waals surface area contributed by atoms with Gasteiger partial charge in [-0.3, -0.25) is 0 Å². The molecule has 2 saturated carbocycles. The summed E-state index contributed by atoms with van der Waals surface area (Å²) in [5, 5.41) is 9.47. The Hall–Kier alpha value is -0.0400. The Balaban J connectivity index is 2.22. The number of rotatable bonds is 2. The molecule has 2 aliphatic carbocycles. The van der Waals surface area contributed by atoms with Crippen LogP contribution in [0.3, 0.4) is 0 Å². The molecule has 2 fully saturated rings. The lowest BCUT2D eigenvalue weighted by molar-refractivity contribution is 0.141. The summed E-state index contributed by atoms with van der Waals surface area (Å²) in [5.41, 5.74) is 0.914. The monoisotopic (exact) mass is 196 g/mol. The molecule has 1 spiro atoms. The van der Waals surface area contributed by atoms with Crippen molar-refractivity contribution in [3.63, 3.8) is 0 Å². The van der Waals surface area contributed by atoms with E-state index in [0.29, 0.717) is 23.4 Å². The van der Waals surface area contributed by atoms with Crippen LogP contribution in [0, 0.1) is 22.7 Å². The van der Waals surface area contributed by atoms with Gasteiger partial charge in [0.2, 0.25) is 0 Å². The second kappa shape index (κ2) is 3.23. The van der Waals surface area contributed by atoms with E-state index in [-0.39, 0.29) is 0 Å². The minimum absolute atomic E-state index is 0.406. The Morgan fingerprint density at radius 1 is 1.29 bits per heavy atom. The largest absolute Gasteiger partial charge is 0.396 e. The summed E-state index contributed by atoms with van der Waals surface area (Å²) >= 11 is 0. The average Bonchev–Trinajstić information content (AvgIpc) is 2.63. The van der Waals surface area contributed by atoms with Gasteiger partial charge in [0.05, 0.1) is 0 Å². The summed E-state index contributed by atoms with van der Waals surface area (Å²) in [6.07, 6.45) is 6.87. The summed E-state index contributed by atoms with van der Waals surface area (Å²) in [6.45, 7) is 7.45. The second-order valence-electron chi connectivity index (χ2n) is 5.85. The van der Waals surface area contributed by atoms with Crippen molar-refractivity contribution in [3.05, 3.63) is 0 Å². The molecule has 82 valence electrons. The molecule has 1 nitrogen and oxygen atoms in total. The molecular formula is C13H24O. The zero-order valence-electron chi connectivity index (χ0n) is 9.84. The van der Waals surface area contributed by atoms with Gasteiger partial charge in [-0.1, -0.05) is 40.0 Å². The van der Waals surface area contributed by atoms with Crippen LogP contribution in [-0.4, -0.2) is 11.7 Å². The van der Waals surface area contributed by atoms with Gasteiger partial charge in [0, 0.05) is 6.61 Å². The number of hydrogen-bond donors (Lipinski definition) is 1. The zero-order chi connectivity index (χ0) is 10.4. The summed E-state index contributed by atoms with van der Waals surface area (Å²) < 4.78 is 0. The van der Waals surface area contributed by atoms with Crippen LogP contribution in [-0.2, 0) is 0 Å². The van der Waals surface area contributed by atoms with E-state index in [1.165, 1.54) is 32.1 Å². The van der Waals surface area contributed by atoms with Gasteiger partial charge in [0.1, 0.15) is 0 Å². The maximum absolute atomic E-state index is 9.47. The maximum Gasteiger partial charge on any atom is 0.0470 e. The van der Waals surface area contributed by atoms with Crippen molar-refractivity contribution in [1.29, 1.82) is 0 Å². The van der Waals surface area contributed by atoms with Crippen molar-refractivity contribution in [2.45, 2.75) is 52.9 Å². The molecule has 0 saturated heterocycles. The fourth-order valence-electron chi connectivity index (χ4n) is 4.54. The average molecular weight is 196 g/mol. The summed E-state index contributed by atoms with van der Waals surface area (Å²) in [5.74, 6) is 1.46. The van der Waals surface area contributed by atoms with Gasteiger partial charge >= 0.3 is 0 Å². The van der Waals surface area contributed by atoms with Gasteiger partial charge < -0.3 is 5.11 Å². The highest BCUT2D eigenvalue weighted by molar-refractivity contribution is 5.19. The molecule has 14 heavy (non-hydrogen) atoms. The SMILES string of the molecule is CCC1CCCCC12C(CO)C2(C)C. The standard InChI is InChI=1S/C13H24O/c1-4-10-7-5-6-8-13(10)11(9-14)12(13,2)3/h10-11,14H,4-9H2,1-3H3. The Bertz CT molecular complexity index is 221. The summed E-state index contributed by atoms with van der Waals surface area (Å²) in [7, 11) is 0. The third-order valence-electron chi connectivity index (χ3n) is 5.41. The predicted molar refractivity (Wildman–Crippen MR) is 59.0 cm³/mol. The molecule has 2 rings (SSSR count). The van der Waals surface area contributed by atoms with Crippen molar-refractivity contribution < 1.29 is 5.11 Å². The van der Waals surface area contributed by atoms with Gasteiger partial charge in [-0.15, -0.1) is 0 Å². The van der Waals surface area contributed by atoms with Crippen LogP contribution in [0.2, 0.25) is 0 Å².